The van der Waals surface area contributed by atoms with Crippen LogP contribution in [0.5, 0.6) is 11.5 Å². The zero-order chi connectivity index (χ0) is 8.27. The molecule has 1 aromatic rings. The van der Waals surface area contributed by atoms with E-state index in [4.69, 9.17) is 9.47 Å². The molecule has 0 spiro atoms. The summed E-state index contributed by atoms with van der Waals surface area (Å²) in [7, 11) is 3.23. The first-order valence-electron chi connectivity index (χ1n) is 3.32. The van der Waals surface area contributed by atoms with Gasteiger partial charge in [-0.1, -0.05) is 6.07 Å². The molecule has 0 N–H and O–H groups in total. The fourth-order valence-electron chi connectivity index (χ4n) is 0.928. The predicted octanol–water partition coefficient (Wildman–Crippen LogP) is 1.24. The van der Waals surface area contributed by atoms with Crippen LogP contribution in [0.4, 0.5) is 0 Å². The second-order valence-corrected chi connectivity index (χ2v) is 2.14. The van der Waals surface area contributed by atoms with Crippen LogP contribution in [0.2, 0.25) is 0 Å². The molecule has 0 aliphatic heterocycles. The Hall–Kier alpha value is -0.583. The van der Waals surface area contributed by atoms with Gasteiger partial charge in [-0.05, 0) is 19.1 Å². The third-order valence-corrected chi connectivity index (χ3v) is 1.53. The zero-order valence-corrected chi connectivity index (χ0v) is 6.76. The first kappa shape index (κ1) is 11.4. The van der Waals surface area contributed by atoms with E-state index in [1.165, 1.54) is 0 Å². The summed E-state index contributed by atoms with van der Waals surface area (Å²) in [4.78, 5) is 0. The number of rotatable bonds is 2. The maximum atomic E-state index is 5.04. The van der Waals surface area contributed by atoms with Gasteiger partial charge in [-0.2, -0.15) is 0 Å². The van der Waals surface area contributed by atoms with Crippen LogP contribution in [0, 0.1) is 6.92 Å². The van der Waals surface area contributed by atoms with Crippen LogP contribution in [0.25, 0.3) is 0 Å². The monoisotopic (exact) mass is 159 g/mol. The maximum absolute atomic E-state index is 5.04. The summed E-state index contributed by atoms with van der Waals surface area (Å²) in [5, 5.41) is 0. The molecule has 1 radical (unpaired) electrons. The molecule has 61 valence electrons. The molecule has 0 saturated carbocycles. The van der Waals surface area contributed by atoms with Crippen LogP contribution < -0.4 is 9.47 Å². The Balaban J connectivity index is 0.00000121. The summed E-state index contributed by atoms with van der Waals surface area (Å²) >= 11 is 0. The van der Waals surface area contributed by atoms with E-state index in [1.54, 1.807) is 14.2 Å². The zero-order valence-electron chi connectivity index (χ0n) is 6.76. The third-order valence-electron chi connectivity index (χ3n) is 1.53. The first-order valence-corrected chi connectivity index (χ1v) is 3.32. The third kappa shape index (κ3) is 2.20. The van der Waals surface area contributed by atoms with Crippen molar-refractivity contribution in [2.75, 3.05) is 14.2 Å². The van der Waals surface area contributed by atoms with E-state index in [1.807, 2.05) is 18.2 Å². The summed E-state index contributed by atoms with van der Waals surface area (Å²) in [5.74, 6) is 1.51. The van der Waals surface area contributed by atoms with Gasteiger partial charge in [-0.3, -0.25) is 0 Å². The first-order chi connectivity index (χ1) is 5.29. The molecule has 12 heavy (non-hydrogen) atoms. The molecule has 1 rings (SSSR count). The van der Waals surface area contributed by atoms with Gasteiger partial charge >= 0.3 is 18.9 Å². The number of hydrogen-bond acceptors (Lipinski definition) is 2. The van der Waals surface area contributed by atoms with Crippen molar-refractivity contribution in [3.8, 4) is 11.5 Å². The summed E-state index contributed by atoms with van der Waals surface area (Å²) in [6, 6.07) is 5.57. The molecule has 2 nitrogen and oxygen atoms in total. The molecular weight excluding hydrogens is 147 g/mol. The van der Waals surface area contributed by atoms with Crippen LogP contribution in [-0.2, 0) is 0 Å². The van der Waals surface area contributed by atoms with Gasteiger partial charge < -0.3 is 9.47 Å². The van der Waals surface area contributed by atoms with Crippen molar-refractivity contribution in [1.29, 1.82) is 0 Å². The quantitative estimate of drug-likeness (QED) is 0.604. The second-order valence-electron chi connectivity index (χ2n) is 2.14. The van der Waals surface area contributed by atoms with Gasteiger partial charge in [0.1, 0.15) is 11.5 Å². The van der Waals surface area contributed by atoms with E-state index in [0.717, 1.165) is 17.1 Å². The van der Waals surface area contributed by atoms with Crippen LogP contribution in [0.3, 0.4) is 0 Å². The van der Waals surface area contributed by atoms with Gasteiger partial charge in [0.2, 0.25) is 0 Å². The standard InChI is InChI=1S/C9H11O2.Li.H/c1-7-8(10-2)5-4-6-9(7)11-3;;/h4-6H,1H2,2-3H3;;. The summed E-state index contributed by atoms with van der Waals surface area (Å²) in [6.45, 7) is 3.81. The Bertz CT molecular complexity index is 226. The summed E-state index contributed by atoms with van der Waals surface area (Å²) < 4.78 is 10.1. The van der Waals surface area contributed by atoms with Crippen LogP contribution >= 0.6 is 0 Å². The summed E-state index contributed by atoms with van der Waals surface area (Å²) in [5.41, 5.74) is 0.789. The van der Waals surface area contributed by atoms with E-state index in [2.05, 4.69) is 6.92 Å². The van der Waals surface area contributed by atoms with Gasteiger partial charge in [-0.25, -0.2) is 0 Å². The summed E-state index contributed by atoms with van der Waals surface area (Å²) in [6.07, 6.45) is 0. The van der Waals surface area contributed by atoms with Crippen molar-refractivity contribution in [2.24, 2.45) is 0 Å². The van der Waals surface area contributed by atoms with Crippen LogP contribution in [0.1, 0.15) is 5.56 Å². The van der Waals surface area contributed by atoms with Crippen molar-refractivity contribution in [3.05, 3.63) is 30.7 Å². The van der Waals surface area contributed by atoms with Gasteiger partial charge in [0.05, 0.1) is 14.2 Å². The number of methoxy groups -OCH3 is 2. The van der Waals surface area contributed by atoms with Crippen molar-refractivity contribution in [3.63, 3.8) is 0 Å². The minimum absolute atomic E-state index is 0. The molecule has 0 fully saturated rings. The van der Waals surface area contributed by atoms with Crippen molar-refractivity contribution in [2.45, 2.75) is 0 Å². The number of benzene rings is 1. The average Bonchev–Trinajstić information content (AvgIpc) is 2.05. The molecule has 0 unspecified atom stereocenters. The molecule has 3 heteroatoms. The molecule has 0 atom stereocenters. The van der Waals surface area contributed by atoms with E-state index < -0.39 is 0 Å². The molecule has 1 aromatic carbocycles. The Morgan fingerprint density at radius 1 is 1.08 bits per heavy atom. The normalized spacial score (nSPS) is 8.58. The van der Waals surface area contributed by atoms with Crippen LogP contribution in [-0.4, -0.2) is 33.1 Å². The van der Waals surface area contributed by atoms with Gasteiger partial charge in [0, 0.05) is 5.56 Å². The molecule has 0 saturated heterocycles. The predicted molar refractivity (Wildman–Crippen MR) is 51.2 cm³/mol. The Morgan fingerprint density at radius 2 is 1.50 bits per heavy atom. The number of hydrogen-bond donors (Lipinski definition) is 0. The van der Waals surface area contributed by atoms with E-state index in [0.29, 0.717) is 0 Å². The van der Waals surface area contributed by atoms with Gasteiger partial charge in [0.25, 0.3) is 0 Å². The van der Waals surface area contributed by atoms with E-state index in [9.17, 15) is 0 Å². The van der Waals surface area contributed by atoms with Crippen molar-refractivity contribution < 1.29 is 9.47 Å². The second kappa shape index (κ2) is 5.13. The van der Waals surface area contributed by atoms with E-state index in [-0.39, 0.29) is 18.9 Å². The molecule has 0 bridgehead atoms. The van der Waals surface area contributed by atoms with Gasteiger partial charge in [-0.15, -0.1) is 0 Å². The minimum atomic E-state index is 0. The van der Waals surface area contributed by atoms with Crippen molar-refractivity contribution in [1.82, 2.24) is 0 Å². The average molecular weight is 159 g/mol. The molecule has 0 heterocycles. The fraction of sp³-hybridized carbons (Fsp3) is 0.222. The Kier molecular flexibility index (Phi) is 4.88. The van der Waals surface area contributed by atoms with Gasteiger partial charge in [0.15, 0.2) is 0 Å². The molecule has 0 aromatic heterocycles. The molecular formula is C9H12LiO2. The number of ether oxygens (including phenoxy) is 2. The molecule has 0 amide bonds. The van der Waals surface area contributed by atoms with Crippen molar-refractivity contribution >= 4 is 18.9 Å². The molecule has 0 aliphatic rings. The topological polar surface area (TPSA) is 18.5 Å². The Morgan fingerprint density at radius 3 is 1.83 bits per heavy atom. The van der Waals surface area contributed by atoms with E-state index >= 15 is 0 Å². The van der Waals surface area contributed by atoms with Crippen LogP contribution in [0.15, 0.2) is 18.2 Å². The SMILES string of the molecule is [CH2]c1c(OC)cccc1OC.[LiH]. The fourth-order valence-corrected chi connectivity index (χ4v) is 0.928. The molecule has 0 aliphatic carbocycles. The Labute approximate surface area is 85.1 Å².